The van der Waals surface area contributed by atoms with Crippen molar-refractivity contribution in [2.24, 2.45) is 0 Å². The summed E-state index contributed by atoms with van der Waals surface area (Å²) in [5.41, 5.74) is 0. The number of aromatic amines is 1. The number of aromatic nitrogens is 4. The van der Waals surface area contributed by atoms with E-state index in [0.29, 0.717) is 5.82 Å². The molecule has 15 heavy (non-hydrogen) atoms. The zero-order chi connectivity index (χ0) is 10.7. The summed E-state index contributed by atoms with van der Waals surface area (Å²) in [5.74, 6) is 1.68. The molecule has 1 aromatic heterocycles. The van der Waals surface area contributed by atoms with Gasteiger partial charge in [-0.3, -0.25) is 4.79 Å². The van der Waals surface area contributed by atoms with Gasteiger partial charge in [-0.1, -0.05) is 5.21 Å². The van der Waals surface area contributed by atoms with Gasteiger partial charge < -0.3 is 5.32 Å². The number of nitrogens with zero attached hydrogens (tertiary/aromatic N) is 3. The summed E-state index contributed by atoms with van der Waals surface area (Å²) in [6.45, 7) is 1.85. The second kappa shape index (κ2) is 4.61. The van der Waals surface area contributed by atoms with Crippen molar-refractivity contribution in [2.45, 2.75) is 31.1 Å². The minimum atomic E-state index is -0.183. The summed E-state index contributed by atoms with van der Waals surface area (Å²) in [6, 6.07) is -0.183. The number of hydrogen-bond donors (Lipinski definition) is 2. The Kier molecular flexibility index (Phi) is 3.20. The third-order valence-electron chi connectivity index (χ3n) is 2.33. The van der Waals surface area contributed by atoms with Crippen molar-refractivity contribution < 1.29 is 4.79 Å². The van der Waals surface area contributed by atoms with Gasteiger partial charge >= 0.3 is 0 Å². The van der Waals surface area contributed by atoms with Gasteiger partial charge in [0.2, 0.25) is 5.91 Å². The summed E-state index contributed by atoms with van der Waals surface area (Å²) in [6.07, 6.45) is 2.09. The molecule has 1 amide bonds. The van der Waals surface area contributed by atoms with E-state index in [1.807, 2.05) is 6.92 Å². The first-order chi connectivity index (χ1) is 7.27. The van der Waals surface area contributed by atoms with Crippen molar-refractivity contribution in [3.8, 4) is 0 Å². The molecule has 0 aromatic carbocycles. The first-order valence-corrected chi connectivity index (χ1v) is 5.97. The molecule has 7 heteroatoms. The monoisotopic (exact) mass is 227 g/mol. The molecule has 6 nitrogen and oxygen atoms in total. The number of hydrogen-bond acceptors (Lipinski definition) is 5. The smallest absolute Gasteiger partial charge is 0.233 e. The number of thioether (sulfide) groups is 1. The highest BCUT2D eigenvalue weighted by Crippen LogP contribution is 2.26. The van der Waals surface area contributed by atoms with Crippen LogP contribution in [-0.4, -0.2) is 37.5 Å². The maximum absolute atomic E-state index is 11.7. The number of carbonyl (C=O) groups excluding carboxylic acids is 1. The van der Waals surface area contributed by atoms with Crippen LogP contribution in [-0.2, 0) is 4.79 Å². The van der Waals surface area contributed by atoms with Gasteiger partial charge in [0.25, 0.3) is 0 Å². The fraction of sp³-hybridized carbons (Fsp3) is 0.750. The Morgan fingerprint density at radius 2 is 2.60 bits per heavy atom. The van der Waals surface area contributed by atoms with E-state index >= 15 is 0 Å². The highest BCUT2D eigenvalue weighted by Gasteiger charge is 2.25. The minimum absolute atomic E-state index is 0.0785. The van der Waals surface area contributed by atoms with Crippen molar-refractivity contribution in [3.63, 3.8) is 0 Å². The molecule has 82 valence electrons. The maximum Gasteiger partial charge on any atom is 0.233 e. The minimum Gasteiger partial charge on any atom is -0.345 e. The third kappa shape index (κ3) is 2.47. The molecule has 1 aromatic rings. The van der Waals surface area contributed by atoms with Crippen molar-refractivity contribution in [3.05, 3.63) is 5.82 Å². The third-order valence-corrected chi connectivity index (χ3v) is 3.71. The van der Waals surface area contributed by atoms with Gasteiger partial charge in [-0.05, 0) is 25.5 Å². The zero-order valence-corrected chi connectivity index (χ0v) is 9.25. The molecule has 0 bridgehead atoms. The van der Waals surface area contributed by atoms with Crippen LogP contribution in [0.5, 0.6) is 0 Å². The van der Waals surface area contributed by atoms with Crippen LogP contribution in [0.3, 0.4) is 0 Å². The molecule has 2 rings (SSSR count). The molecule has 2 N–H and O–H groups in total. The normalized spacial score (nSPS) is 22.6. The van der Waals surface area contributed by atoms with Gasteiger partial charge in [0, 0.05) is 0 Å². The quantitative estimate of drug-likeness (QED) is 0.774. The second-order valence-electron chi connectivity index (χ2n) is 3.50. The Morgan fingerprint density at radius 1 is 1.73 bits per heavy atom. The molecule has 0 spiro atoms. The molecule has 1 fully saturated rings. The summed E-state index contributed by atoms with van der Waals surface area (Å²) in [7, 11) is 0. The molecular weight excluding hydrogens is 214 g/mol. The summed E-state index contributed by atoms with van der Waals surface area (Å²) in [4.78, 5) is 11.7. The first-order valence-electron chi connectivity index (χ1n) is 4.92. The van der Waals surface area contributed by atoms with Crippen LogP contribution in [0.25, 0.3) is 0 Å². The topological polar surface area (TPSA) is 83.6 Å². The first kappa shape index (κ1) is 10.4. The van der Waals surface area contributed by atoms with Crippen LogP contribution in [0.2, 0.25) is 0 Å². The number of H-pyrrole nitrogens is 1. The van der Waals surface area contributed by atoms with Gasteiger partial charge in [0.15, 0.2) is 5.82 Å². The maximum atomic E-state index is 11.7. The number of rotatable bonds is 3. The lowest BCUT2D eigenvalue weighted by molar-refractivity contribution is -0.121. The van der Waals surface area contributed by atoms with E-state index in [1.54, 1.807) is 11.8 Å². The SMILES string of the molecule is CC(NC(=O)C1CCCS1)c1nn[nH]n1. The molecule has 2 atom stereocenters. The van der Waals surface area contributed by atoms with Crippen molar-refractivity contribution in [1.29, 1.82) is 0 Å². The van der Waals surface area contributed by atoms with Gasteiger partial charge in [0.05, 0.1) is 11.3 Å². The average Bonchev–Trinajstić information content (AvgIpc) is 2.91. The Balaban J connectivity index is 1.88. The Hall–Kier alpha value is -1.11. The fourth-order valence-electron chi connectivity index (χ4n) is 1.51. The summed E-state index contributed by atoms with van der Waals surface area (Å²) in [5, 5.41) is 16.5. The van der Waals surface area contributed by atoms with E-state index in [1.165, 1.54) is 0 Å². The lowest BCUT2D eigenvalue weighted by Crippen LogP contribution is -2.33. The van der Waals surface area contributed by atoms with Crippen LogP contribution in [0.15, 0.2) is 0 Å². The predicted molar refractivity (Wildman–Crippen MR) is 56.2 cm³/mol. The van der Waals surface area contributed by atoms with Crippen LogP contribution in [0.1, 0.15) is 31.6 Å². The summed E-state index contributed by atoms with van der Waals surface area (Å²) < 4.78 is 0. The Labute approximate surface area is 91.6 Å². The van der Waals surface area contributed by atoms with E-state index < -0.39 is 0 Å². The molecule has 1 aliphatic rings. The molecule has 1 saturated heterocycles. The Bertz CT molecular complexity index is 322. The van der Waals surface area contributed by atoms with Gasteiger partial charge in [-0.15, -0.1) is 22.0 Å². The lowest BCUT2D eigenvalue weighted by atomic mass is 10.2. The van der Waals surface area contributed by atoms with E-state index in [2.05, 4.69) is 25.9 Å². The molecule has 2 unspecified atom stereocenters. The predicted octanol–water partition coefficient (Wildman–Crippen LogP) is 0.272. The average molecular weight is 227 g/mol. The molecule has 0 saturated carbocycles. The van der Waals surface area contributed by atoms with Crippen molar-refractivity contribution in [2.75, 3.05) is 5.75 Å². The van der Waals surface area contributed by atoms with E-state index in [0.717, 1.165) is 18.6 Å². The van der Waals surface area contributed by atoms with E-state index in [9.17, 15) is 4.79 Å². The number of amides is 1. The van der Waals surface area contributed by atoms with Crippen LogP contribution in [0, 0.1) is 0 Å². The van der Waals surface area contributed by atoms with Gasteiger partial charge in [-0.25, -0.2) is 0 Å². The molecule has 1 aliphatic heterocycles. The molecule has 0 aliphatic carbocycles. The van der Waals surface area contributed by atoms with E-state index in [4.69, 9.17) is 0 Å². The molecule has 2 heterocycles. The second-order valence-corrected chi connectivity index (χ2v) is 4.81. The highest BCUT2D eigenvalue weighted by molar-refractivity contribution is 8.00. The number of carbonyl (C=O) groups is 1. The molecular formula is C8H13N5OS. The van der Waals surface area contributed by atoms with Crippen molar-refractivity contribution >= 4 is 17.7 Å². The standard InChI is InChI=1S/C8H13N5OS/c1-5(7-10-12-13-11-7)9-8(14)6-3-2-4-15-6/h5-6H,2-4H2,1H3,(H,9,14)(H,10,11,12,13). The number of nitrogens with one attached hydrogen (secondary N) is 2. The highest BCUT2D eigenvalue weighted by atomic mass is 32.2. The zero-order valence-electron chi connectivity index (χ0n) is 8.43. The van der Waals surface area contributed by atoms with Gasteiger partial charge in [0.1, 0.15) is 0 Å². The Morgan fingerprint density at radius 3 is 3.20 bits per heavy atom. The largest absolute Gasteiger partial charge is 0.345 e. The van der Waals surface area contributed by atoms with E-state index in [-0.39, 0.29) is 17.2 Å². The fourth-order valence-corrected chi connectivity index (χ4v) is 2.68. The number of tetrazole rings is 1. The van der Waals surface area contributed by atoms with Crippen molar-refractivity contribution in [1.82, 2.24) is 25.9 Å². The van der Waals surface area contributed by atoms with Gasteiger partial charge in [-0.2, -0.15) is 5.21 Å². The van der Waals surface area contributed by atoms with Crippen LogP contribution in [0.4, 0.5) is 0 Å². The lowest BCUT2D eigenvalue weighted by Gasteiger charge is -2.13. The van der Waals surface area contributed by atoms with Crippen LogP contribution < -0.4 is 5.32 Å². The molecule has 0 radical (unpaired) electrons. The summed E-state index contributed by atoms with van der Waals surface area (Å²) >= 11 is 1.71. The van der Waals surface area contributed by atoms with Crippen LogP contribution >= 0.6 is 11.8 Å².